The van der Waals surface area contributed by atoms with Crippen LogP contribution in [-0.4, -0.2) is 0 Å². The molecule has 0 spiro atoms. The highest BCUT2D eigenvalue weighted by Crippen LogP contribution is 2.53. The van der Waals surface area contributed by atoms with Crippen molar-refractivity contribution in [2.24, 2.45) is 0 Å². The smallest absolute Gasteiger partial charge is 0.143 e. The highest BCUT2D eigenvalue weighted by atomic mass is 16.3. The van der Waals surface area contributed by atoms with Gasteiger partial charge >= 0.3 is 0 Å². The summed E-state index contributed by atoms with van der Waals surface area (Å²) < 4.78 is 14.4. The van der Waals surface area contributed by atoms with Crippen molar-refractivity contribution in [3.8, 4) is 44.5 Å². The van der Waals surface area contributed by atoms with E-state index in [4.69, 9.17) is 8.83 Å². The Hall–Kier alpha value is -9.50. The Bertz CT molecular complexity index is 4860. The van der Waals surface area contributed by atoms with Crippen molar-refractivity contribution in [2.45, 2.75) is 0 Å². The van der Waals surface area contributed by atoms with Crippen molar-refractivity contribution < 1.29 is 8.83 Å². The van der Waals surface area contributed by atoms with Crippen molar-refractivity contribution in [3.63, 3.8) is 0 Å². The predicted molar refractivity (Wildman–Crippen MR) is 305 cm³/mol. The van der Waals surface area contributed by atoms with E-state index in [0.717, 1.165) is 76.9 Å². The molecule has 0 saturated heterocycles. The summed E-state index contributed by atoms with van der Waals surface area (Å²) in [5.74, 6) is 0. The van der Waals surface area contributed by atoms with E-state index in [1.54, 1.807) is 0 Å². The molecule has 0 atom stereocenters. The summed E-state index contributed by atoms with van der Waals surface area (Å²) in [6.07, 6.45) is 0. The lowest BCUT2D eigenvalue weighted by molar-refractivity contribution is 0.670. The van der Waals surface area contributed by atoms with Gasteiger partial charge in [-0.05, 0) is 123 Å². The predicted octanol–water partition coefficient (Wildman–Crippen LogP) is 20.2. The maximum atomic E-state index is 7.24. The van der Waals surface area contributed by atoms with Gasteiger partial charge in [0, 0.05) is 49.2 Å². The number of benzene rings is 14. The molecule has 0 saturated carbocycles. The number of para-hydroxylation sites is 2. The van der Waals surface area contributed by atoms with Gasteiger partial charge in [0.1, 0.15) is 22.3 Å². The van der Waals surface area contributed by atoms with Crippen LogP contribution in [0.25, 0.3) is 164 Å². The van der Waals surface area contributed by atoms with Gasteiger partial charge in [0.2, 0.25) is 0 Å². The molecule has 0 N–H and O–H groups in total. The van der Waals surface area contributed by atoms with Crippen LogP contribution in [-0.2, 0) is 0 Å². The second-order valence-corrected chi connectivity index (χ2v) is 19.3. The molecule has 14 aromatic carbocycles. The van der Waals surface area contributed by atoms with Crippen LogP contribution in [0.5, 0.6) is 0 Å². The average molecular weight is 913 g/mol. The molecule has 2 aromatic heterocycles. The van der Waals surface area contributed by atoms with E-state index < -0.39 is 0 Å². The monoisotopic (exact) mass is 912 g/mol. The molecule has 2 heteroatoms. The first-order valence-electron chi connectivity index (χ1n) is 24.8. The minimum atomic E-state index is 0.855. The van der Waals surface area contributed by atoms with Crippen LogP contribution < -0.4 is 0 Å². The Morgan fingerprint density at radius 2 is 0.569 bits per heavy atom. The maximum absolute atomic E-state index is 7.24. The molecule has 0 aliphatic carbocycles. The summed E-state index contributed by atoms with van der Waals surface area (Å²) in [5.41, 5.74) is 12.7. The lowest BCUT2D eigenvalue weighted by atomic mass is 9.83. The zero-order chi connectivity index (χ0) is 47.0. The fourth-order valence-electron chi connectivity index (χ4n) is 12.6. The van der Waals surface area contributed by atoms with E-state index in [-0.39, 0.29) is 0 Å². The fourth-order valence-corrected chi connectivity index (χ4v) is 12.6. The molecule has 0 unspecified atom stereocenters. The Labute approximate surface area is 413 Å². The molecular weight excluding hydrogens is 873 g/mol. The van der Waals surface area contributed by atoms with Crippen molar-refractivity contribution in [2.75, 3.05) is 0 Å². The second kappa shape index (κ2) is 15.0. The minimum Gasteiger partial charge on any atom is -0.455 e. The zero-order valence-corrected chi connectivity index (χ0v) is 38.9. The van der Waals surface area contributed by atoms with Gasteiger partial charge in [-0.25, -0.2) is 0 Å². The summed E-state index contributed by atoms with van der Waals surface area (Å²) in [7, 11) is 0. The molecule has 0 fully saturated rings. The number of fused-ring (bicyclic) bond motifs is 16. The Morgan fingerprint density at radius 1 is 0.208 bits per heavy atom. The molecule has 0 aliphatic heterocycles. The first-order chi connectivity index (χ1) is 35.7. The van der Waals surface area contributed by atoms with E-state index in [2.05, 4.69) is 243 Å². The van der Waals surface area contributed by atoms with Crippen LogP contribution in [0.4, 0.5) is 0 Å². The van der Waals surface area contributed by atoms with E-state index in [1.807, 2.05) is 0 Å². The standard InChI is InChI=1S/C70H40O2/c1-2-19-43(20-3-1)62-47-22-6-10-26-51(47)65(52-27-11-7-23-48(52)62)58-39-45-40-59(70-68(56-31-15-17-33-61(56)72-70)64(45)67-55-30-14-16-32-60(55)71-69(58)67)66-53-28-12-8-24-49(53)63(50-25-9-13-29-54(50)66)44-37-36-42-35-34-41-18-4-5-21-46(41)57(42)38-44/h1-40H. The lowest BCUT2D eigenvalue weighted by Crippen LogP contribution is -1.93. The lowest BCUT2D eigenvalue weighted by Gasteiger charge is -2.20. The SMILES string of the molecule is c1ccc(-c2c3ccccc3c(-c3cc4cc(-c5c6ccccc6c(-c6ccc7ccc8ccccc8c7c6)c6ccccc56)c5oc6ccccc6c5c4c4c3oc3ccccc34)c3ccccc23)cc1. The van der Waals surface area contributed by atoms with Crippen LogP contribution in [0.2, 0.25) is 0 Å². The highest BCUT2D eigenvalue weighted by Gasteiger charge is 2.27. The summed E-state index contributed by atoms with van der Waals surface area (Å²) >= 11 is 0. The molecule has 332 valence electrons. The number of rotatable bonds is 4. The van der Waals surface area contributed by atoms with E-state index in [0.29, 0.717) is 0 Å². The molecule has 16 rings (SSSR count). The van der Waals surface area contributed by atoms with Crippen LogP contribution in [0.1, 0.15) is 0 Å². The van der Waals surface area contributed by atoms with Crippen LogP contribution in [0, 0.1) is 0 Å². The van der Waals surface area contributed by atoms with E-state index in [1.165, 1.54) is 86.9 Å². The van der Waals surface area contributed by atoms with Crippen molar-refractivity contribution in [1.82, 2.24) is 0 Å². The van der Waals surface area contributed by atoms with Gasteiger partial charge in [-0.15, -0.1) is 0 Å². The van der Waals surface area contributed by atoms with Gasteiger partial charge in [0.15, 0.2) is 0 Å². The van der Waals surface area contributed by atoms with Gasteiger partial charge in [0.05, 0.1) is 0 Å². The highest BCUT2D eigenvalue weighted by molar-refractivity contribution is 6.37. The van der Waals surface area contributed by atoms with Crippen LogP contribution in [0.3, 0.4) is 0 Å². The Morgan fingerprint density at radius 3 is 1.06 bits per heavy atom. The van der Waals surface area contributed by atoms with Crippen LogP contribution in [0.15, 0.2) is 251 Å². The molecule has 16 aromatic rings. The molecule has 0 aliphatic rings. The van der Waals surface area contributed by atoms with Gasteiger partial charge in [-0.2, -0.15) is 0 Å². The second-order valence-electron chi connectivity index (χ2n) is 19.3. The zero-order valence-electron chi connectivity index (χ0n) is 38.9. The average Bonchev–Trinajstić information content (AvgIpc) is 4.04. The topological polar surface area (TPSA) is 26.3 Å². The third-order valence-electron chi connectivity index (χ3n) is 15.6. The molecule has 72 heavy (non-hydrogen) atoms. The van der Waals surface area contributed by atoms with Crippen molar-refractivity contribution >= 4 is 119 Å². The number of furan rings is 2. The molecule has 2 nitrogen and oxygen atoms in total. The summed E-state index contributed by atoms with van der Waals surface area (Å²) in [6.45, 7) is 0. The quantitative estimate of drug-likeness (QED) is 0.130. The molecule has 0 radical (unpaired) electrons. The third kappa shape index (κ3) is 5.49. The summed E-state index contributed by atoms with van der Waals surface area (Å²) in [5, 5.41) is 21.1. The molecular formula is C70H40O2. The van der Waals surface area contributed by atoms with E-state index >= 15 is 0 Å². The van der Waals surface area contributed by atoms with E-state index in [9.17, 15) is 0 Å². The fraction of sp³-hybridized carbons (Fsp3) is 0. The van der Waals surface area contributed by atoms with Crippen molar-refractivity contribution in [3.05, 3.63) is 243 Å². The Balaban J connectivity index is 1.07. The largest absolute Gasteiger partial charge is 0.455 e. The summed E-state index contributed by atoms with van der Waals surface area (Å²) in [4.78, 5) is 0. The molecule has 2 heterocycles. The maximum Gasteiger partial charge on any atom is 0.143 e. The normalized spacial score (nSPS) is 12.2. The van der Waals surface area contributed by atoms with Gasteiger partial charge in [-0.3, -0.25) is 0 Å². The Kier molecular flexibility index (Phi) is 8.20. The number of hydrogen-bond donors (Lipinski definition) is 0. The third-order valence-corrected chi connectivity index (χ3v) is 15.6. The van der Waals surface area contributed by atoms with Crippen molar-refractivity contribution in [1.29, 1.82) is 0 Å². The van der Waals surface area contributed by atoms with Gasteiger partial charge in [-0.1, -0.05) is 212 Å². The van der Waals surface area contributed by atoms with Gasteiger partial charge in [0.25, 0.3) is 0 Å². The molecule has 0 amide bonds. The minimum absolute atomic E-state index is 0.855. The number of hydrogen-bond acceptors (Lipinski definition) is 2. The summed E-state index contributed by atoms with van der Waals surface area (Å²) in [6, 6.07) is 88.7. The van der Waals surface area contributed by atoms with Crippen LogP contribution >= 0.6 is 0 Å². The first-order valence-corrected chi connectivity index (χ1v) is 24.8. The molecule has 0 bridgehead atoms. The van der Waals surface area contributed by atoms with Gasteiger partial charge < -0.3 is 8.83 Å². The first kappa shape index (κ1) is 39.4.